The van der Waals surface area contributed by atoms with Gasteiger partial charge in [-0.05, 0) is 37.3 Å². The van der Waals surface area contributed by atoms with Crippen LogP contribution in [-0.4, -0.2) is 37.0 Å². The van der Waals surface area contributed by atoms with Crippen LogP contribution in [-0.2, 0) is 19.6 Å². The first-order chi connectivity index (χ1) is 13.5. The molecule has 29 heavy (non-hydrogen) atoms. The summed E-state index contributed by atoms with van der Waals surface area (Å²) >= 11 is 0. The number of hydrogen-bond acceptors (Lipinski definition) is 5. The fraction of sp³-hybridized carbons (Fsp3) is 0.619. The topological polar surface area (TPSA) is 92.8 Å². The molecule has 1 aromatic carbocycles. The predicted molar refractivity (Wildman–Crippen MR) is 110 cm³/mol. The predicted octanol–water partition coefficient (Wildman–Crippen LogP) is 4.05. The van der Waals surface area contributed by atoms with Crippen LogP contribution in [0.1, 0.15) is 66.2 Å². The Morgan fingerprint density at radius 1 is 1.14 bits per heavy atom. The van der Waals surface area contributed by atoms with Crippen molar-refractivity contribution in [3.05, 3.63) is 30.3 Å². The molecule has 1 aromatic rings. The SMILES string of the molecule is CC(OC(=O)CC(C)(C)C)N(C(=O)NC1CCCCC1)S(=O)(=O)c1ccccc1. The molecule has 1 saturated carbocycles. The molecule has 0 spiro atoms. The molecule has 8 heteroatoms. The fourth-order valence-corrected chi connectivity index (χ4v) is 4.81. The number of sulfonamides is 1. The maximum absolute atomic E-state index is 13.2. The quantitative estimate of drug-likeness (QED) is 0.549. The minimum Gasteiger partial charge on any atom is -0.441 e. The third kappa shape index (κ3) is 6.73. The maximum atomic E-state index is 13.2. The Hall–Kier alpha value is -2.09. The number of hydrogen-bond donors (Lipinski definition) is 1. The van der Waals surface area contributed by atoms with Crippen molar-refractivity contribution in [3.63, 3.8) is 0 Å². The van der Waals surface area contributed by atoms with E-state index in [9.17, 15) is 18.0 Å². The second-order valence-electron chi connectivity index (χ2n) is 8.72. The van der Waals surface area contributed by atoms with Gasteiger partial charge in [0.15, 0.2) is 6.23 Å². The monoisotopic (exact) mass is 424 g/mol. The molecular formula is C21H32N2O5S. The van der Waals surface area contributed by atoms with Gasteiger partial charge in [0.2, 0.25) is 0 Å². The lowest BCUT2D eigenvalue weighted by Gasteiger charge is -2.31. The molecule has 1 fully saturated rings. The van der Waals surface area contributed by atoms with E-state index in [1.54, 1.807) is 18.2 Å². The van der Waals surface area contributed by atoms with Gasteiger partial charge in [-0.1, -0.05) is 58.2 Å². The van der Waals surface area contributed by atoms with Crippen LogP contribution < -0.4 is 5.32 Å². The van der Waals surface area contributed by atoms with E-state index in [0.29, 0.717) is 4.31 Å². The third-order valence-electron chi connectivity index (χ3n) is 4.74. The van der Waals surface area contributed by atoms with Crippen LogP contribution in [0.15, 0.2) is 35.2 Å². The minimum absolute atomic E-state index is 0.0301. The van der Waals surface area contributed by atoms with Gasteiger partial charge < -0.3 is 10.1 Å². The Bertz CT molecular complexity index is 796. The molecule has 1 N–H and O–H groups in total. The summed E-state index contributed by atoms with van der Waals surface area (Å²) in [6.45, 7) is 7.05. The van der Waals surface area contributed by atoms with Crippen molar-refractivity contribution in [3.8, 4) is 0 Å². The number of urea groups is 1. The Morgan fingerprint density at radius 2 is 1.72 bits per heavy atom. The fourth-order valence-electron chi connectivity index (χ4n) is 3.37. The number of amides is 2. The summed E-state index contributed by atoms with van der Waals surface area (Å²) in [5.41, 5.74) is -0.315. The van der Waals surface area contributed by atoms with E-state index in [1.165, 1.54) is 19.1 Å². The van der Waals surface area contributed by atoms with Gasteiger partial charge in [-0.2, -0.15) is 4.31 Å². The van der Waals surface area contributed by atoms with Crippen LogP contribution in [0.4, 0.5) is 4.79 Å². The van der Waals surface area contributed by atoms with Gasteiger partial charge in [-0.3, -0.25) is 4.79 Å². The Morgan fingerprint density at radius 3 is 2.28 bits per heavy atom. The molecule has 7 nitrogen and oxygen atoms in total. The first kappa shape index (κ1) is 23.2. The zero-order valence-corrected chi connectivity index (χ0v) is 18.5. The van der Waals surface area contributed by atoms with Crippen molar-refractivity contribution < 1.29 is 22.7 Å². The van der Waals surface area contributed by atoms with Crippen LogP contribution in [0.5, 0.6) is 0 Å². The Labute approximate surface area is 173 Å². The molecule has 1 aliphatic carbocycles. The molecule has 1 unspecified atom stereocenters. The van der Waals surface area contributed by atoms with Gasteiger partial charge >= 0.3 is 12.0 Å². The lowest BCUT2D eigenvalue weighted by atomic mass is 9.92. The van der Waals surface area contributed by atoms with E-state index < -0.39 is 28.3 Å². The summed E-state index contributed by atoms with van der Waals surface area (Å²) in [4.78, 5) is 25.2. The lowest BCUT2D eigenvalue weighted by Crippen LogP contribution is -2.52. The summed E-state index contributed by atoms with van der Waals surface area (Å²) in [5.74, 6) is -0.552. The average Bonchev–Trinajstić information content (AvgIpc) is 2.61. The number of carbonyl (C=O) groups is 2. The van der Waals surface area contributed by atoms with Crippen molar-refractivity contribution in [2.24, 2.45) is 5.41 Å². The molecule has 0 aromatic heterocycles. The summed E-state index contributed by atoms with van der Waals surface area (Å²) in [6.07, 6.45) is 3.56. The molecule has 1 aliphatic rings. The van der Waals surface area contributed by atoms with Crippen molar-refractivity contribution in [1.82, 2.24) is 9.62 Å². The van der Waals surface area contributed by atoms with Crippen LogP contribution >= 0.6 is 0 Å². The molecule has 2 amide bonds. The van der Waals surface area contributed by atoms with E-state index in [2.05, 4.69) is 5.32 Å². The highest BCUT2D eigenvalue weighted by molar-refractivity contribution is 7.89. The number of ether oxygens (including phenoxy) is 1. The minimum atomic E-state index is -4.20. The summed E-state index contributed by atoms with van der Waals surface area (Å²) < 4.78 is 32.4. The van der Waals surface area contributed by atoms with Gasteiger partial charge in [0, 0.05) is 6.04 Å². The number of rotatable bonds is 6. The summed E-state index contributed by atoms with van der Waals surface area (Å²) in [7, 11) is -4.20. The van der Waals surface area contributed by atoms with Gasteiger partial charge in [-0.25, -0.2) is 13.2 Å². The number of nitrogens with one attached hydrogen (secondary N) is 1. The summed E-state index contributed by atoms with van der Waals surface area (Å²) in [5, 5.41) is 2.81. The molecule has 0 aliphatic heterocycles. The van der Waals surface area contributed by atoms with Crippen LogP contribution in [0, 0.1) is 5.41 Å². The van der Waals surface area contributed by atoms with Gasteiger partial charge in [0.05, 0.1) is 11.3 Å². The first-order valence-electron chi connectivity index (χ1n) is 10.1. The van der Waals surface area contributed by atoms with E-state index in [4.69, 9.17) is 4.74 Å². The second kappa shape index (κ2) is 9.61. The van der Waals surface area contributed by atoms with Crippen molar-refractivity contribution >= 4 is 22.0 Å². The second-order valence-corrected chi connectivity index (χ2v) is 10.5. The molecule has 0 heterocycles. The van der Waals surface area contributed by atoms with Crippen molar-refractivity contribution in [2.75, 3.05) is 0 Å². The van der Waals surface area contributed by atoms with Gasteiger partial charge in [0.25, 0.3) is 10.0 Å². The van der Waals surface area contributed by atoms with Crippen LogP contribution in [0.3, 0.4) is 0 Å². The maximum Gasteiger partial charge on any atom is 0.334 e. The van der Waals surface area contributed by atoms with E-state index in [1.807, 2.05) is 20.8 Å². The number of esters is 1. The largest absolute Gasteiger partial charge is 0.441 e. The third-order valence-corrected chi connectivity index (χ3v) is 6.59. The molecule has 0 bridgehead atoms. The normalized spacial score (nSPS) is 16.7. The molecule has 162 valence electrons. The highest BCUT2D eigenvalue weighted by atomic mass is 32.2. The van der Waals surface area contributed by atoms with Crippen LogP contribution in [0.25, 0.3) is 0 Å². The Kier molecular flexibility index (Phi) is 7.68. The van der Waals surface area contributed by atoms with E-state index >= 15 is 0 Å². The Balaban J connectivity index is 2.26. The van der Waals surface area contributed by atoms with Crippen LogP contribution in [0.2, 0.25) is 0 Å². The standard InChI is InChI=1S/C21H32N2O5S/c1-16(28-19(24)15-21(2,3)4)23(20(25)22-17-11-7-5-8-12-17)29(26,27)18-13-9-6-10-14-18/h6,9-10,13-14,16-17H,5,7-8,11-12,15H2,1-4H3,(H,22,25). The molecule has 0 radical (unpaired) electrons. The number of nitrogens with zero attached hydrogens (tertiary/aromatic N) is 1. The highest BCUT2D eigenvalue weighted by Crippen LogP contribution is 2.24. The number of carbonyl (C=O) groups excluding carboxylic acids is 2. The van der Waals surface area contributed by atoms with Crippen molar-refractivity contribution in [2.45, 2.75) is 83.4 Å². The zero-order chi connectivity index (χ0) is 21.7. The average molecular weight is 425 g/mol. The zero-order valence-electron chi connectivity index (χ0n) is 17.7. The van der Waals surface area contributed by atoms with Crippen molar-refractivity contribution in [1.29, 1.82) is 0 Å². The summed E-state index contributed by atoms with van der Waals surface area (Å²) in [6, 6.07) is 6.85. The smallest absolute Gasteiger partial charge is 0.334 e. The highest BCUT2D eigenvalue weighted by Gasteiger charge is 2.37. The molecule has 1 atom stereocenters. The van der Waals surface area contributed by atoms with E-state index in [0.717, 1.165) is 32.1 Å². The molecule has 2 rings (SSSR count). The van der Waals surface area contributed by atoms with E-state index in [-0.39, 0.29) is 22.8 Å². The number of benzene rings is 1. The van der Waals surface area contributed by atoms with Gasteiger partial charge in [0.1, 0.15) is 0 Å². The lowest BCUT2D eigenvalue weighted by molar-refractivity contribution is -0.154. The molecular weight excluding hydrogens is 392 g/mol. The molecule has 0 saturated heterocycles. The first-order valence-corrected chi connectivity index (χ1v) is 11.5. The van der Waals surface area contributed by atoms with Gasteiger partial charge in [-0.15, -0.1) is 0 Å².